The van der Waals surface area contributed by atoms with E-state index in [-0.39, 0.29) is 11.4 Å². The third kappa shape index (κ3) is 3.40. The lowest BCUT2D eigenvalue weighted by Gasteiger charge is -2.02. The Bertz CT molecular complexity index is 1310. The maximum atomic E-state index is 12.8. The van der Waals surface area contributed by atoms with Gasteiger partial charge in [-0.3, -0.25) is 14.9 Å². The van der Waals surface area contributed by atoms with Crippen molar-refractivity contribution in [1.29, 1.82) is 0 Å². The van der Waals surface area contributed by atoms with Crippen molar-refractivity contribution in [3.8, 4) is 5.75 Å². The van der Waals surface area contributed by atoms with Crippen molar-refractivity contribution in [2.45, 2.75) is 20.4 Å². The fourth-order valence-corrected chi connectivity index (χ4v) is 4.24. The van der Waals surface area contributed by atoms with Gasteiger partial charge in [-0.05, 0) is 32.0 Å². The Morgan fingerprint density at radius 2 is 2.10 bits per heavy atom. The van der Waals surface area contributed by atoms with Gasteiger partial charge in [0.2, 0.25) is 0 Å². The van der Waals surface area contributed by atoms with Crippen molar-refractivity contribution in [2.75, 3.05) is 6.61 Å². The molecule has 0 spiro atoms. The number of aryl methyl sites for hydroxylation is 1. The maximum absolute atomic E-state index is 12.8. The molecule has 4 rings (SSSR count). The van der Waals surface area contributed by atoms with Crippen LogP contribution in [0.25, 0.3) is 21.2 Å². The molecule has 1 amide bonds. The highest BCUT2D eigenvalue weighted by molar-refractivity contribution is 7.16. The van der Waals surface area contributed by atoms with Crippen LogP contribution in [0, 0.1) is 10.1 Å². The summed E-state index contributed by atoms with van der Waals surface area (Å²) in [4.78, 5) is 28.0. The molecule has 2 aromatic carbocycles. The summed E-state index contributed by atoms with van der Waals surface area (Å²) in [5.74, 6) is 0.159. The molecule has 4 aromatic rings. The Morgan fingerprint density at radius 3 is 2.83 bits per heavy atom. The van der Waals surface area contributed by atoms with Crippen molar-refractivity contribution >= 4 is 44.1 Å². The lowest BCUT2D eigenvalue weighted by atomic mass is 10.2. The molecule has 2 heterocycles. The number of aromatic nitrogens is 1. The van der Waals surface area contributed by atoms with Crippen LogP contribution in [0.4, 0.5) is 5.69 Å². The van der Waals surface area contributed by atoms with E-state index >= 15 is 0 Å². The molecular formula is C20H17N3O5S. The summed E-state index contributed by atoms with van der Waals surface area (Å²) in [5.41, 5.74) is 1.29. The Hall–Kier alpha value is -3.46. The second kappa shape index (κ2) is 7.51. The van der Waals surface area contributed by atoms with E-state index in [4.69, 9.17) is 9.15 Å². The molecule has 0 atom stereocenters. The predicted molar refractivity (Wildman–Crippen MR) is 109 cm³/mol. The van der Waals surface area contributed by atoms with Gasteiger partial charge in [-0.15, -0.1) is 0 Å². The van der Waals surface area contributed by atoms with E-state index < -0.39 is 10.8 Å². The molecule has 2 aromatic heterocycles. The molecule has 0 aliphatic rings. The summed E-state index contributed by atoms with van der Waals surface area (Å²) in [6.45, 7) is 4.85. The van der Waals surface area contributed by atoms with Crippen LogP contribution in [0.2, 0.25) is 0 Å². The minimum absolute atomic E-state index is 0.000572. The highest BCUT2D eigenvalue weighted by Crippen LogP contribution is 2.29. The summed E-state index contributed by atoms with van der Waals surface area (Å²) >= 11 is 1.23. The zero-order valence-electron chi connectivity index (χ0n) is 15.7. The summed E-state index contributed by atoms with van der Waals surface area (Å²) in [5, 5.41) is 11.8. The van der Waals surface area contributed by atoms with Gasteiger partial charge >= 0.3 is 5.91 Å². The number of ether oxygens (including phenoxy) is 1. The number of non-ortho nitro benzene ring substituents is 1. The van der Waals surface area contributed by atoms with Crippen LogP contribution in [-0.4, -0.2) is 22.0 Å². The van der Waals surface area contributed by atoms with Crippen LogP contribution >= 0.6 is 11.3 Å². The van der Waals surface area contributed by atoms with E-state index in [9.17, 15) is 14.9 Å². The van der Waals surface area contributed by atoms with E-state index in [0.29, 0.717) is 34.0 Å². The molecule has 8 nitrogen and oxygen atoms in total. The Kier molecular flexibility index (Phi) is 4.89. The molecule has 0 N–H and O–H groups in total. The number of carbonyl (C=O) groups excluding carboxylic acids is 1. The Balaban J connectivity index is 1.80. The first kappa shape index (κ1) is 18.9. The third-order valence-electron chi connectivity index (χ3n) is 4.41. The first-order chi connectivity index (χ1) is 14.0. The van der Waals surface area contributed by atoms with Crippen LogP contribution in [-0.2, 0) is 6.54 Å². The lowest BCUT2D eigenvalue weighted by Crippen LogP contribution is -2.15. The topological polar surface area (TPSA) is 99.9 Å². The fourth-order valence-electron chi connectivity index (χ4n) is 3.12. The minimum Gasteiger partial charge on any atom is -0.490 e. The van der Waals surface area contributed by atoms with Crippen LogP contribution in [0.3, 0.4) is 0 Å². The van der Waals surface area contributed by atoms with Gasteiger partial charge in [0.05, 0.1) is 21.7 Å². The number of fused-ring (bicyclic) bond motifs is 2. The molecule has 29 heavy (non-hydrogen) atoms. The van der Waals surface area contributed by atoms with Gasteiger partial charge in [0, 0.05) is 24.1 Å². The summed E-state index contributed by atoms with van der Waals surface area (Å²) in [6.07, 6.45) is 0. The highest BCUT2D eigenvalue weighted by atomic mass is 32.1. The molecule has 0 aliphatic heterocycles. The fraction of sp³-hybridized carbons (Fsp3) is 0.200. The van der Waals surface area contributed by atoms with Crippen LogP contribution < -0.4 is 9.54 Å². The largest absolute Gasteiger partial charge is 0.490 e. The molecule has 0 bridgehead atoms. The molecule has 0 unspecified atom stereocenters. The average molecular weight is 411 g/mol. The molecular weight excluding hydrogens is 394 g/mol. The van der Waals surface area contributed by atoms with Crippen molar-refractivity contribution in [2.24, 2.45) is 4.99 Å². The Morgan fingerprint density at radius 1 is 1.28 bits per heavy atom. The van der Waals surface area contributed by atoms with E-state index in [1.54, 1.807) is 18.2 Å². The van der Waals surface area contributed by atoms with E-state index in [1.807, 2.05) is 30.5 Å². The number of thiazole rings is 1. The molecule has 0 saturated heterocycles. The zero-order valence-corrected chi connectivity index (χ0v) is 16.6. The first-order valence-electron chi connectivity index (χ1n) is 9.04. The Labute approximate surface area is 168 Å². The second-order valence-corrected chi connectivity index (χ2v) is 7.18. The number of hydrogen-bond acceptors (Lipinski definition) is 6. The smallest absolute Gasteiger partial charge is 0.315 e. The molecule has 0 radical (unpaired) electrons. The predicted octanol–water partition coefficient (Wildman–Crippen LogP) is 4.52. The number of para-hydroxylation sites is 1. The van der Waals surface area contributed by atoms with Crippen LogP contribution in [0.5, 0.6) is 5.75 Å². The highest BCUT2D eigenvalue weighted by Gasteiger charge is 2.16. The number of carbonyl (C=O) groups is 1. The third-order valence-corrected chi connectivity index (χ3v) is 5.45. The van der Waals surface area contributed by atoms with E-state index in [1.165, 1.54) is 23.5 Å². The van der Waals surface area contributed by atoms with Crippen molar-refractivity contribution < 1.29 is 18.9 Å². The van der Waals surface area contributed by atoms with Crippen LogP contribution in [0.1, 0.15) is 24.4 Å². The van der Waals surface area contributed by atoms with Crippen molar-refractivity contribution in [3.05, 3.63) is 63.1 Å². The number of nitrogens with zero attached hydrogens (tertiary/aromatic N) is 3. The zero-order chi connectivity index (χ0) is 20.5. The van der Waals surface area contributed by atoms with Gasteiger partial charge in [-0.2, -0.15) is 4.99 Å². The number of nitro benzene ring substituents is 1. The first-order valence-corrected chi connectivity index (χ1v) is 9.85. The number of rotatable bonds is 5. The minimum atomic E-state index is -0.521. The molecule has 0 fully saturated rings. The second-order valence-electron chi connectivity index (χ2n) is 6.17. The molecule has 0 aliphatic carbocycles. The number of furan rings is 1. The van der Waals surface area contributed by atoms with Gasteiger partial charge in [0.1, 0.15) is 0 Å². The normalized spacial score (nSPS) is 12.0. The summed E-state index contributed by atoms with van der Waals surface area (Å²) < 4.78 is 13.8. The summed E-state index contributed by atoms with van der Waals surface area (Å²) in [7, 11) is 0. The van der Waals surface area contributed by atoms with Crippen molar-refractivity contribution in [3.63, 3.8) is 0 Å². The standard InChI is InChI=1S/C20H17N3O5S/c1-3-22-14-9-8-13(23(25)26)11-17(14)29-20(22)21-19(24)16-10-12-6-5-7-15(27-4-2)18(12)28-16/h5-11H,3-4H2,1-2H3. The van der Waals surface area contributed by atoms with Gasteiger partial charge in [-0.25, -0.2) is 0 Å². The maximum Gasteiger partial charge on any atom is 0.315 e. The lowest BCUT2D eigenvalue weighted by molar-refractivity contribution is -0.384. The average Bonchev–Trinajstić information content (AvgIpc) is 3.29. The van der Waals surface area contributed by atoms with E-state index in [0.717, 1.165) is 10.9 Å². The number of amides is 1. The van der Waals surface area contributed by atoms with Gasteiger partial charge in [0.15, 0.2) is 21.9 Å². The molecule has 0 saturated carbocycles. The number of hydrogen-bond donors (Lipinski definition) is 0. The van der Waals surface area contributed by atoms with Crippen LogP contribution in [0.15, 0.2) is 51.9 Å². The van der Waals surface area contributed by atoms with Crippen molar-refractivity contribution in [1.82, 2.24) is 4.57 Å². The summed E-state index contributed by atoms with van der Waals surface area (Å²) in [6, 6.07) is 11.7. The SMILES string of the molecule is CCOc1cccc2cc(C(=O)N=c3sc4cc([N+](=O)[O-])ccc4n3CC)oc12. The molecule has 9 heteroatoms. The number of nitro groups is 1. The van der Waals surface area contributed by atoms with Gasteiger partial charge < -0.3 is 13.7 Å². The van der Waals surface area contributed by atoms with Gasteiger partial charge in [0.25, 0.3) is 5.69 Å². The van der Waals surface area contributed by atoms with E-state index in [2.05, 4.69) is 4.99 Å². The molecule has 148 valence electrons. The van der Waals surface area contributed by atoms with Gasteiger partial charge in [-0.1, -0.05) is 23.5 Å². The number of benzene rings is 2. The quantitative estimate of drug-likeness (QED) is 0.355. The monoisotopic (exact) mass is 411 g/mol.